The van der Waals surface area contributed by atoms with Crippen LogP contribution in [0, 0.1) is 0 Å². The van der Waals surface area contributed by atoms with E-state index in [0.717, 1.165) is 31.7 Å². The van der Waals surface area contributed by atoms with Crippen molar-refractivity contribution in [2.45, 2.75) is 24.9 Å². The van der Waals surface area contributed by atoms with Gasteiger partial charge in [0.05, 0.1) is 12.2 Å². The van der Waals surface area contributed by atoms with Crippen molar-refractivity contribution in [1.82, 2.24) is 14.7 Å². The molecule has 1 N–H and O–H groups in total. The number of carbonyl (C=O) groups excluding carboxylic acids is 1. The third-order valence-electron chi connectivity index (χ3n) is 5.90. The second-order valence-corrected chi connectivity index (χ2v) is 10.1. The molecule has 0 radical (unpaired) electrons. The molecule has 30 heavy (non-hydrogen) atoms. The van der Waals surface area contributed by atoms with Gasteiger partial charge in [-0.05, 0) is 31.0 Å². The molecule has 0 bridgehead atoms. The Balaban J connectivity index is 1.21. The maximum absolute atomic E-state index is 12.8. The van der Waals surface area contributed by atoms with Gasteiger partial charge >= 0.3 is 0 Å². The van der Waals surface area contributed by atoms with Crippen molar-refractivity contribution in [3.05, 3.63) is 36.0 Å². The number of aromatic nitrogens is 2. The molecule has 0 unspecified atom stereocenters. The van der Waals surface area contributed by atoms with E-state index in [2.05, 4.69) is 38.8 Å². The minimum absolute atomic E-state index is 0.167. The van der Waals surface area contributed by atoms with Crippen LogP contribution in [0.25, 0.3) is 0 Å². The minimum atomic E-state index is -0.167. The summed E-state index contributed by atoms with van der Waals surface area (Å²) in [5.41, 5.74) is 0.546. The number of hydrogen-bond donors (Lipinski definition) is 1. The van der Waals surface area contributed by atoms with Crippen molar-refractivity contribution in [1.29, 1.82) is 0 Å². The lowest BCUT2D eigenvalue weighted by atomic mass is 10.0. The van der Waals surface area contributed by atoms with E-state index in [9.17, 15) is 4.79 Å². The predicted octanol–water partition coefficient (Wildman–Crippen LogP) is 3.35. The number of likely N-dealkylation sites (tertiary alicyclic amines) is 1. The lowest BCUT2D eigenvalue weighted by molar-refractivity contribution is 0.102. The number of carbonyl (C=O) groups is 1. The Bertz CT molecular complexity index is 890. The molecule has 9 heteroatoms. The highest BCUT2D eigenvalue weighted by molar-refractivity contribution is 8.03. The van der Waals surface area contributed by atoms with Gasteiger partial charge < -0.3 is 14.8 Å². The standard InChI is InChI=1S/C21H26N4O3S2/c26-21(15-1-2-18-19(11-15)28-14-27-18)23-20-3-6-22-25(20)16-4-7-24(8-5-16)17-12-29-9-10-30-13-17/h1-3,6,11,16-17H,4-5,7-10,12-14H2,(H,23,26). The van der Waals surface area contributed by atoms with Crippen LogP contribution in [-0.4, -0.2) is 69.5 Å². The third kappa shape index (κ3) is 4.29. The van der Waals surface area contributed by atoms with Crippen LogP contribution in [0.15, 0.2) is 30.5 Å². The van der Waals surface area contributed by atoms with E-state index in [0.29, 0.717) is 29.1 Å². The molecular formula is C21H26N4O3S2. The average molecular weight is 447 g/mol. The fourth-order valence-corrected chi connectivity index (χ4v) is 6.87. The number of anilines is 1. The van der Waals surface area contributed by atoms with E-state index in [4.69, 9.17) is 9.47 Å². The van der Waals surface area contributed by atoms with Gasteiger partial charge in [-0.1, -0.05) is 0 Å². The van der Waals surface area contributed by atoms with Crippen molar-refractivity contribution in [3.8, 4) is 11.5 Å². The van der Waals surface area contributed by atoms with Crippen LogP contribution in [-0.2, 0) is 0 Å². The van der Waals surface area contributed by atoms with E-state index >= 15 is 0 Å². The maximum Gasteiger partial charge on any atom is 0.256 e. The Morgan fingerprint density at radius 1 is 1.03 bits per heavy atom. The molecule has 4 heterocycles. The molecule has 1 amide bonds. The average Bonchev–Trinajstić information content (AvgIpc) is 3.35. The molecule has 7 nitrogen and oxygen atoms in total. The number of benzene rings is 1. The van der Waals surface area contributed by atoms with Crippen LogP contribution in [0.4, 0.5) is 5.82 Å². The highest BCUT2D eigenvalue weighted by Gasteiger charge is 2.28. The largest absolute Gasteiger partial charge is 0.454 e. The van der Waals surface area contributed by atoms with Crippen LogP contribution in [0.1, 0.15) is 29.2 Å². The van der Waals surface area contributed by atoms with E-state index in [1.54, 1.807) is 24.4 Å². The highest BCUT2D eigenvalue weighted by Crippen LogP contribution is 2.33. The van der Waals surface area contributed by atoms with Gasteiger partial charge in [-0.25, -0.2) is 4.68 Å². The summed E-state index contributed by atoms with van der Waals surface area (Å²) in [7, 11) is 0. The number of nitrogens with zero attached hydrogens (tertiary/aromatic N) is 3. The lowest BCUT2D eigenvalue weighted by Gasteiger charge is -2.37. The van der Waals surface area contributed by atoms with E-state index in [1.807, 2.05) is 10.7 Å². The minimum Gasteiger partial charge on any atom is -0.454 e. The van der Waals surface area contributed by atoms with Crippen LogP contribution < -0.4 is 14.8 Å². The Kier molecular flexibility index (Phi) is 6.10. The van der Waals surface area contributed by atoms with Crippen molar-refractivity contribution < 1.29 is 14.3 Å². The Labute approximate surface area is 184 Å². The summed E-state index contributed by atoms with van der Waals surface area (Å²) in [5, 5.41) is 7.55. The van der Waals surface area contributed by atoms with Crippen molar-refractivity contribution in [2.75, 3.05) is 48.2 Å². The maximum atomic E-state index is 12.8. The van der Waals surface area contributed by atoms with Crippen LogP contribution in [0.3, 0.4) is 0 Å². The number of amides is 1. The van der Waals surface area contributed by atoms with E-state index in [1.165, 1.54) is 23.0 Å². The van der Waals surface area contributed by atoms with Gasteiger partial charge in [-0.15, -0.1) is 0 Å². The summed E-state index contributed by atoms with van der Waals surface area (Å²) in [5.74, 6) is 6.91. The van der Waals surface area contributed by atoms with Gasteiger partial charge in [-0.2, -0.15) is 28.6 Å². The SMILES string of the molecule is O=C(Nc1ccnn1C1CCN(C2CSCCSC2)CC1)c1ccc2c(c1)OCO2. The molecule has 5 rings (SSSR count). The summed E-state index contributed by atoms with van der Waals surface area (Å²) in [6.07, 6.45) is 3.88. The Hall–Kier alpha value is -1.84. The van der Waals surface area contributed by atoms with E-state index in [-0.39, 0.29) is 12.7 Å². The number of ether oxygens (including phenoxy) is 2. The molecule has 2 aromatic rings. The third-order valence-corrected chi connectivity index (χ3v) is 8.39. The molecule has 3 aliphatic rings. The molecule has 2 fully saturated rings. The fourth-order valence-electron chi connectivity index (χ4n) is 4.24. The second kappa shape index (κ2) is 9.11. The lowest BCUT2D eigenvalue weighted by Crippen LogP contribution is -2.44. The van der Waals surface area contributed by atoms with E-state index < -0.39 is 0 Å². The number of thioether (sulfide) groups is 2. The number of nitrogens with one attached hydrogen (secondary N) is 1. The summed E-state index contributed by atoms with van der Waals surface area (Å²) in [6.45, 7) is 2.38. The first-order chi connectivity index (χ1) is 14.8. The first-order valence-electron chi connectivity index (χ1n) is 10.4. The van der Waals surface area contributed by atoms with Crippen molar-refractivity contribution >= 4 is 35.2 Å². The zero-order chi connectivity index (χ0) is 20.3. The number of fused-ring (bicyclic) bond motifs is 1. The summed E-state index contributed by atoms with van der Waals surface area (Å²) >= 11 is 4.17. The topological polar surface area (TPSA) is 68.6 Å². The summed E-state index contributed by atoms with van der Waals surface area (Å²) in [6, 6.07) is 8.12. The van der Waals surface area contributed by atoms with Gasteiger partial charge in [0.2, 0.25) is 6.79 Å². The molecule has 160 valence electrons. The monoisotopic (exact) mass is 446 g/mol. The smallest absolute Gasteiger partial charge is 0.256 e. The van der Waals surface area contributed by atoms with Gasteiger partial charge in [-0.3, -0.25) is 9.69 Å². The number of rotatable bonds is 4. The van der Waals surface area contributed by atoms with Gasteiger partial charge in [0.1, 0.15) is 5.82 Å². The number of hydrogen-bond acceptors (Lipinski definition) is 7. The van der Waals surface area contributed by atoms with Crippen LogP contribution >= 0.6 is 23.5 Å². The highest BCUT2D eigenvalue weighted by atomic mass is 32.2. The van der Waals surface area contributed by atoms with Crippen molar-refractivity contribution in [2.24, 2.45) is 0 Å². The summed E-state index contributed by atoms with van der Waals surface area (Å²) in [4.78, 5) is 15.4. The van der Waals surface area contributed by atoms with Crippen molar-refractivity contribution in [3.63, 3.8) is 0 Å². The van der Waals surface area contributed by atoms with Gasteiger partial charge in [0.15, 0.2) is 11.5 Å². The summed E-state index contributed by atoms with van der Waals surface area (Å²) < 4.78 is 12.7. The normalized spacial score (nSPS) is 20.8. The first-order valence-corrected chi connectivity index (χ1v) is 12.7. The van der Waals surface area contributed by atoms with Crippen LogP contribution in [0.5, 0.6) is 11.5 Å². The second-order valence-electron chi connectivity index (χ2n) is 7.75. The molecule has 1 aromatic heterocycles. The van der Waals surface area contributed by atoms with Gasteiger partial charge in [0, 0.05) is 53.8 Å². The molecule has 2 saturated heterocycles. The molecule has 3 aliphatic heterocycles. The van der Waals surface area contributed by atoms with Crippen LogP contribution in [0.2, 0.25) is 0 Å². The molecule has 0 spiro atoms. The molecule has 0 atom stereocenters. The quantitative estimate of drug-likeness (QED) is 0.772. The Morgan fingerprint density at radius 3 is 2.60 bits per heavy atom. The number of piperidine rings is 1. The molecule has 0 aliphatic carbocycles. The zero-order valence-electron chi connectivity index (χ0n) is 16.8. The zero-order valence-corrected chi connectivity index (χ0v) is 18.4. The predicted molar refractivity (Wildman–Crippen MR) is 121 cm³/mol. The molecular weight excluding hydrogens is 420 g/mol. The first kappa shape index (κ1) is 20.1. The molecule has 1 aromatic carbocycles. The fraction of sp³-hybridized carbons (Fsp3) is 0.524. The molecule has 0 saturated carbocycles. The van der Waals surface area contributed by atoms with Gasteiger partial charge in [0.25, 0.3) is 5.91 Å². The Morgan fingerprint density at radius 2 is 1.80 bits per heavy atom.